The summed E-state index contributed by atoms with van der Waals surface area (Å²) in [4.78, 5) is 9.82. The first-order valence-corrected chi connectivity index (χ1v) is 6.39. The lowest BCUT2D eigenvalue weighted by atomic mass is 9.90. The first-order valence-electron chi connectivity index (χ1n) is 5.58. The fraction of sp³-hybridized carbons (Fsp3) is 0.385. The molecule has 0 aliphatic heterocycles. The summed E-state index contributed by atoms with van der Waals surface area (Å²) in [5.41, 5.74) is 9.01. The van der Waals surface area contributed by atoms with Gasteiger partial charge in [-0.25, -0.2) is 4.98 Å². The molecule has 5 heteroatoms. The Morgan fingerprint density at radius 3 is 2.44 bits per heavy atom. The standard InChI is InChI=1S/C13H17N3S.BrH/c1-8-11(17-12(14)16-8)9-5-6-15-10(7-9)13(2,3)4;/h5-7H,1-4H3,(H2,14,16);1H. The van der Waals surface area contributed by atoms with E-state index in [1.54, 1.807) is 0 Å². The van der Waals surface area contributed by atoms with Crippen molar-refractivity contribution >= 4 is 33.4 Å². The van der Waals surface area contributed by atoms with Crippen LogP contribution in [0.25, 0.3) is 10.4 Å². The molecule has 0 fully saturated rings. The molecule has 0 radical (unpaired) electrons. The van der Waals surface area contributed by atoms with Crippen molar-refractivity contribution in [2.24, 2.45) is 0 Å². The Hall–Kier alpha value is -0.940. The molecule has 2 aromatic heterocycles. The molecule has 0 atom stereocenters. The quantitative estimate of drug-likeness (QED) is 0.862. The van der Waals surface area contributed by atoms with Crippen LogP contribution in [0.3, 0.4) is 0 Å². The molecule has 2 heterocycles. The van der Waals surface area contributed by atoms with Crippen LogP contribution in [0.5, 0.6) is 0 Å². The lowest BCUT2D eigenvalue weighted by Crippen LogP contribution is -2.13. The van der Waals surface area contributed by atoms with Gasteiger partial charge in [0, 0.05) is 17.3 Å². The molecular weight excluding hydrogens is 310 g/mol. The van der Waals surface area contributed by atoms with Crippen molar-refractivity contribution in [3.63, 3.8) is 0 Å². The largest absolute Gasteiger partial charge is 0.375 e. The second-order valence-corrected chi connectivity index (χ2v) is 6.18. The summed E-state index contributed by atoms with van der Waals surface area (Å²) in [5, 5.41) is 0.617. The predicted octanol–water partition coefficient (Wildman–Crippen LogP) is 3.97. The molecule has 0 aliphatic rings. The third-order valence-electron chi connectivity index (χ3n) is 2.60. The topological polar surface area (TPSA) is 51.8 Å². The van der Waals surface area contributed by atoms with Crippen LogP contribution in [0.1, 0.15) is 32.2 Å². The number of nitrogens with zero attached hydrogens (tertiary/aromatic N) is 2. The van der Waals surface area contributed by atoms with Crippen molar-refractivity contribution in [2.75, 3.05) is 5.73 Å². The van der Waals surface area contributed by atoms with E-state index in [4.69, 9.17) is 5.73 Å². The molecular formula is C13H18BrN3S. The average molecular weight is 328 g/mol. The number of nitrogens with two attached hydrogens (primary N) is 1. The van der Waals surface area contributed by atoms with Crippen molar-refractivity contribution in [1.29, 1.82) is 0 Å². The minimum absolute atomic E-state index is 0. The summed E-state index contributed by atoms with van der Waals surface area (Å²) in [7, 11) is 0. The van der Waals surface area contributed by atoms with Gasteiger partial charge in [-0.3, -0.25) is 4.98 Å². The van der Waals surface area contributed by atoms with Gasteiger partial charge >= 0.3 is 0 Å². The van der Waals surface area contributed by atoms with E-state index in [2.05, 4.69) is 36.8 Å². The minimum atomic E-state index is 0. The van der Waals surface area contributed by atoms with Crippen LogP contribution in [-0.2, 0) is 5.41 Å². The zero-order valence-electron chi connectivity index (χ0n) is 11.0. The van der Waals surface area contributed by atoms with Gasteiger partial charge in [0.25, 0.3) is 0 Å². The Kier molecular flexibility index (Phi) is 4.50. The van der Waals surface area contributed by atoms with E-state index in [0.29, 0.717) is 5.13 Å². The molecule has 2 rings (SSSR count). The summed E-state index contributed by atoms with van der Waals surface area (Å²) in [6, 6.07) is 4.13. The molecule has 0 spiro atoms. The van der Waals surface area contributed by atoms with Crippen LogP contribution in [0, 0.1) is 6.92 Å². The van der Waals surface area contributed by atoms with Gasteiger partial charge in [-0.15, -0.1) is 17.0 Å². The van der Waals surface area contributed by atoms with E-state index in [1.165, 1.54) is 11.3 Å². The Bertz CT molecular complexity index is 543. The van der Waals surface area contributed by atoms with Gasteiger partial charge in [-0.2, -0.15) is 0 Å². The normalized spacial score (nSPS) is 11.1. The van der Waals surface area contributed by atoms with E-state index in [0.717, 1.165) is 21.8 Å². The Labute approximate surface area is 122 Å². The zero-order valence-corrected chi connectivity index (χ0v) is 13.5. The Morgan fingerprint density at radius 2 is 1.94 bits per heavy atom. The number of hydrogen-bond acceptors (Lipinski definition) is 4. The first-order chi connectivity index (χ1) is 7.88. The third-order valence-corrected chi connectivity index (χ3v) is 3.64. The van der Waals surface area contributed by atoms with E-state index in [1.807, 2.05) is 19.2 Å². The molecule has 2 N–H and O–H groups in total. The van der Waals surface area contributed by atoms with Gasteiger partial charge in [-0.1, -0.05) is 32.1 Å². The van der Waals surface area contributed by atoms with Gasteiger partial charge in [-0.05, 0) is 24.6 Å². The second-order valence-electron chi connectivity index (χ2n) is 5.15. The number of halogens is 1. The molecule has 0 aliphatic carbocycles. The average Bonchev–Trinajstić information content (AvgIpc) is 2.57. The van der Waals surface area contributed by atoms with Crippen LogP contribution >= 0.6 is 28.3 Å². The lowest BCUT2D eigenvalue weighted by Gasteiger charge is -2.18. The fourth-order valence-corrected chi connectivity index (χ4v) is 2.50. The molecule has 98 valence electrons. The van der Waals surface area contributed by atoms with Crippen molar-refractivity contribution in [3.8, 4) is 10.4 Å². The summed E-state index contributed by atoms with van der Waals surface area (Å²) < 4.78 is 0. The van der Waals surface area contributed by atoms with Gasteiger partial charge < -0.3 is 5.73 Å². The lowest BCUT2D eigenvalue weighted by molar-refractivity contribution is 0.569. The van der Waals surface area contributed by atoms with Crippen LogP contribution in [0.2, 0.25) is 0 Å². The number of rotatable bonds is 1. The van der Waals surface area contributed by atoms with E-state index in [9.17, 15) is 0 Å². The number of anilines is 1. The highest BCUT2D eigenvalue weighted by molar-refractivity contribution is 8.93. The summed E-state index contributed by atoms with van der Waals surface area (Å²) >= 11 is 1.53. The highest BCUT2D eigenvalue weighted by Gasteiger charge is 2.17. The summed E-state index contributed by atoms with van der Waals surface area (Å²) in [6.45, 7) is 8.46. The van der Waals surface area contributed by atoms with Crippen molar-refractivity contribution in [3.05, 3.63) is 29.7 Å². The molecule has 0 saturated heterocycles. The molecule has 0 amide bonds. The number of hydrogen-bond donors (Lipinski definition) is 1. The molecule has 0 aromatic carbocycles. The molecule has 0 saturated carbocycles. The Balaban J connectivity index is 0.00000162. The van der Waals surface area contributed by atoms with Crippen molar-refractivity contribution < 1.29 is 0 Å². The van der Waals surface area contributed by atoms with Crippen LogP contribution in [0.4, 0.5) is 5.13 Å². The highest BCUT2D eigenvalue weighted by Crippen LogP contribution is 2.32. The SMILES string of the molecule is Br.Cc1nc(N)sc1-c1ccnc(C(C)(C)C)c1. The maximum atomic E-state index is 5.73. The van der Waals surface area contributed by atoms with Crippen LogP contribution in [-0.4, -0.2) is 9.97 Å². The molecule has 0 bridgehead atoms. The third kappa shape index (κ3) is 3.09. The first kappa shape index (κ1) is 15.1. The highest BCUT2D eigenvalue weighted by atomic mass is 79.9. The van der Waals surface area contributed by atoms with Crippen molar-refractivity contribution in [2.45, 2.75) is 33.1 Å². The molecule has 3 nitrogen and oxygen atoms in total. The number of pyridine rings is 1. The number of aryl methyl sites for hydroxylation is 1. The van der Waals surface area contributed by atoms with E-state index >= 15 is 0 Å². The van der Waals surface area contributed by atoms with Gasteiger partial charge in [0.2, 0.25) is 0 Å². The van der Waals surface area contributed by atoms with E-state index < -0.39 is 0 Å². The zero-order chi connectivity index (χ0) is 12.6. The van der Waals surface area contributed by atoms with Gasteiger partial charge in [0.1, 0.15) is 0 Å². The number of aromatic nitrogens is 2. The molecule has 18 heavy (non-hydrogen) atoms. The van der Waals surface area contributed by atoms with E-state index in [-0.39, 0.29) is 22.4 Å². The van der Waals surface area contributed by atoms with Crippen LogP contribution in [0.15, 0.2) is 18.3 Å². The predicted molar refractivity (Wildman–Crippen MR) is 83.5 cm³/mol. The second kappa shape index (κ2) is 5.36. The van der Waals surface area contributed by atoms with Crippen LogP contribution < -0.4 is 5.73 Å². The molecule has 2 aromatic rings. The minimum Gasteiger partial charge on any atom is -0.375 e. The van der Waals surface area contributed by atoms with Gasteiger partial charge in [0.05, 0.1) is 10.6 Å². The fourth-order valence-electron chi connectivity index (χ4n) is 1.67. The van der Waals surface area contributed by atoms with Gasteiger partial charge in [0.15, 0.2) is 5.13 Å². The smallest absolute Gasteiger partial charge is 0.180 e. The summed E-state index contributed by atoms with van der Waals surface area (Å²) in [6.07, 6.45) is 1.85. The molecule has 0 unspecified atom stereocenters. The Morgan fingerprint density at radius 1 is 1.28 bits per heavy atom. The number of nitrogen functional groups attached to an aromatic ring is 1. The number of thiazole rings is 1. The monoisotopic (exact) mass is 327 g/mol. The maximum absolute atomic E-state index is 5.73. The maximum Gasteiger partial charge on any atom is 0.180 e. The van der Waals surface area contributed by atoms with Crippen molar-refractivity contribution in [1.82, 2.24) is 9.97 Å². The summed E-state index contributed by atoms with van der Waals surface area (Å²) in [5.74, 6) is 0.